The average molecular weight is 352 g/mol. The maximum Gasteiger partial charge on any atom is 0.232 e. The summed E-state index contributed by atoms with van der Waals surface area (Å²) in [4.78, 5) is 0. The van der Waals surface area contributed by atoms with E-state index in [9.17, 15) is 17.2 Å². The van der Waals surface area contributed by atoms with Crippen LogP contribution in [0, 0.1) is 17.7 Å². The molecule has 0 amide bonds. The van der Waals surface area contributed by atoms with Crippen molar-refractivity contribution in [2.45, 2.75) is 45.4 Å². The van der Waals surface area contributed by atoms with Crippen LogP contribution in [0.25, 0.3) is 0 Å². The van der Waals surface area contributed by atoms with Gasteiger partial charge >= 0.3 is 0 Å². The molecule has 3 nitrogen and oxygen atoms in total. The van der Waals surface area contributed by atoms with E-state index in [4.69, 9.17) is 0 Å². The minimum absolute atomic E-state index is 0. The van der Waals surface area contributed by atoms with Crippen LogP contribution in [0.4, 0.5) is 14.5 Å². The summed E-state index contributed by atoms with van der Waals surface area (Å²) >= 11 is 0. The monoisotopic (exact) mass is 352 g/mol. The summed E-state index contributed by atoms with van der Waals surface area (Å²) in [6.07, 6.45) is 5.76. The van der Waals surface area contributed by atoms with Gasteiger partial charge in [-0.25, -0.2) is 17.2 Å². The molecule has 0 atom stereocenters. The molecule has 0 aliphatic rings. The van der Waals surface area contributed by atoms with Crippen LogP contribution in [0.15, 0.2) is 12.1 Å². The minimum atomic E-state index is -3.60. The number of benzene rings is 1. The van der Waals surface area contributed by atoms with Crippen molar-refractivity contribution in [2.24, 2.45) is 0 Å². The molecule has 1 aromatic rings. The molecule has 0 bridgehead atoms. The molecule has 0 saturated heterocycles. The second kappa shape index (κ2) is 10.3. The number of anilines is 1. The van der Waals surface area contributed by atoms with Gasteiger partial charge in [0.25, 0.3) is 0 Å². The summed E-state index contributed by atoms with van der Waals surface area (Å²) in [5.74, 6) is -1.95. The molecule has 0 aliphatic carbocycles. The first kappa shape index (κ1) is 20.5. The van der Waals surface area contributed by atoms with Crippen LogP contribution in [-0.4, -0.2) is 14.2 Å². The van der Waals surface area contributed by atoms with E-state index in [2.05, 4.69) is 11.6 Å². The van der Waals surface area contributed by atoms with E-state index in [1.54, 1.807) is 6.07 Å². The largest absolute Gasteiger partial charge is 0.281 e. The second-order valence-electron chi connectivity index (χ2n) is 4.72. The van der Waals surface area contributed by atoms with Crippen molar-refractivity contribution in [3.63, 3.8) is 0 Å². The van der Waals surface area contributed by atoms with E-state index in [1.165, 1.54) is 0 Å². The van der Waals surface area contributed by atoms with Crippen LogP contribution >= 0.6 is 0 Å². The first-order chi connectivity index (χ1) is 9.44. The van der Waals surface area contributed by atoms with Gasteiger partial charge in [-0.2, -0.15) is 0 Å². The molecule has 0 aromatic heterocycles. The van der Waals surface area contributed by atoms with Crippen LogP contribution in [0.5, 0.6) is 0 Å². The molecule has 0 fully saturated rings. The molecule has 21 heavy (non-hydrogen) atoms. The van der Waals surface area contributed by atoms with Crippen LogP contribution < -0.4 is 4.72 Å². The molecule has 0 spiro atoms. The molecule has 1 N–H and O–H groups in total. The number of halogens is 2. The third-order valence-electron chi connectivity index (χ3n) is 2.89. The van der Waals surface area contributed by atoms with E-state index in [0.29, 0.717) is 6.42 Å². The zero-order valence-corrected chi connectivity index (χ0v) is 14.5. The molecule has 0 unspecified atom stereocenters. The summed E-state index contributed by atoms with van der Waals surface area (Å²) in [6.45, 7) is 2.11. The Morgan fingerprint density at radius 2 is 1.71 bits per heavy atom. The topological polar surface area (TPSA) is 46.2 Å². The number of unbranched alkanes of at least 4 members (excludes halogenated alkanes) is 5. The second-order valence-corrected chi connectivity index (χ2v) is 6.56. The van der Waals surface area contributed by atoms with Crippen molar-refractivity contribution in [1.29, 1.82) is 0 Å². The van der Waals surface area contributed by atoms with E-state index >= 15 is 0 Å². The molecule has 7 heteroatoms. The van der Waals surface area contributed by atoms with Crippen LogP contribution in [0.3, 0.4) is 0 Å². The van der Waals surface area contributed by atoms with Gasteiger partial charge in [-0.1, -0.05) is 39.0 Å². The SMILES string of the molecule is CCCCCCCCS(=O)(=O)Nc1ccc(F)[c]c1F.[Ti]. The van der Waals surface area contributed by atoms with E-state index in [-0.39, 0.29) is 33.2 Å². The Morgan fingerprint density at radius 1 is 1.10 bits per heavy atom. The van der Waals surface area contributed by atoms with Gasteiger partial charge in [0.15, 0.2) is 5.82 Å². The van der Waals surface area contributed by atoms with Crippen molar-refractivity contribution in [2.75, 3.05) is 10.5 Å². The van der Waals surface area contributed by atoms with Crippen LogP contribution in [0.2, 0.25) is 0 Å². The first-order valence-electron chi connectivity index (χ1n) is 6.82. The summed E-state index contributed by atoms with van der Waals surface area (Å²) in [6, 6.07) is 3.81. The predicted molar refractivity (Wildman–Crippen MR) is 76.0 cm³/mol. The Morgan fingerprint density at radius 3 is 2.33 bits per heavy atom. The van der Waals surface area contributed by atoms with E-state index in [0.717, 1.165) is 44.2 Å². The first-order valence-corrected chi connectivity index (χ1v) is 8.47. The third kappa shape index (κ3) is 8.54. The molecule has 1 rings (SSSR count). The molecule has 1 radical (unpaired) electrons. The zero-order chi connectivity index (χ0) is 15.0. The zero-order valence-electron chi connectivity index (χ0n) is 12.1. The normalized spacial score (nSPS) is 11.0. The Kier molecular flexibility index (Phi) is 10.1. The van der Waals surface area contributed by atoms with Crippen LogP contribution in [0.1, 0.15) is 45.4 Å². The number of rotatable bonds is 9. The van der Waals surface area contributed by atoms with Crippen molar-refractivity contribution in [3.8, 4) is 0 Å². The van der Waals surface area contributed by atoms with E-state index in [1.807, 2.05) is 0 Å². The van der Waals surface area contributed by atoms with Crippen LogP contribution in [-0.2, 0) is 31.7 Å². The van der Waals surface area contributed by atoms with Crippen molar-refractivity contribution in [1.82, 2.24) is 0 Å². The Labute approximate surface area is 140 Å². The van der Waals surface area contributed by atoms with Gasteiger partial charge in [-0.3, -0.25) is 4.72 Å². The Bertz CT molecular complexity index is 524. The molecular formula is C14H20F2NO2STi. The molecule has 0 saturated carbocycles. The minimum Gasteiger partial charge on any atom is -0.281 e. The van der Waals surface area contributed by atoms with Gasteiger partial charge in [-0.05, 0) is 18.6 Å². The summed E-state index contributed by atoms with van der Waals surface area (Å²) in [5, 5.41) is 0. The van der Waals surface area contributed by atoms with Gasteiger partial charge in [-0.15, -0.1) is 0 Å². The number of hydrogen-bond donors (Lipinski definition) is 1. The van der Waals surface area contributed by atoms with E-state index < -0.39 is 21.7 Å². The fourth-order valence-corrected chi connectivity index (χ4v) is 2.99. The van der Waals surface area contributed by atoms with Gasteiger partial charge in [0.2, 0.25) is 10.0 Å². The predicted octanol–water partition coefficient (Wildman–Crippen LogP) is 3.86. The summed E-state index contributed by atoms with van der Waals surface area (Å²) in [5.41, 5.74) is -0.266. The Hall–Kier alpha value is -0.456. The van der Waals surface area contributed by atoms with Gasteiger partial charge in [0.05, 0.1) is 17.5 Å². The number of sulfonamides is 1. The van der Waals surface area contributed by atoms with Crippen molar-refractivity contribution < 1.29 is 38.9 Å². The average Bonchev–Trinajstić information content (AvgIpc) is 2.37. The maximum absolute atomic E-state index is 13.3. The number of hydrogen-bond acceptors (Lipinski definition) is 2. The maximum atomic E-state index is 13.3. The standard InChI is InChI=1S/C14H20F2NO2S.Ti/c1-2-3-4-5-6-7-10-20(18,19)17-14-9-8-12(15)11-13(14)16;/h8-9,17H,2-7,10H2,1H3;. The molecular weight excluding hydrogens is 332 g/mol. The van der Waals surface area contributed by atoms with Gasteiger partial charge in [0.1, 0.15) is 5.82 Å². The van der Waals surface area contributed by atoms with Crippen molar-refractivity contribution in [3.05, 3.63) is 29.8 Å². The molecule has 1 aromatic carbocycles. The van der Waals surface area contributed by atoms with Crippen molar-refractivity contribution >= 4 is 15.7 Å². The van der Waals surface area contributed by atoms with Gasteiger partial charge < -0.3 is 0 Å². The fraction of sp³-hybridized carbons (Fsp3) is 0.571. The summed E-state index contributed by atoms with van der Waals surface area (Å²) < 4.78 is 51.5. The fourth-order valence-electron chi connectivity index (χ4n) is 1.81. The quantitative estimate of drug-likeness (QED) is 0.542. The smallest absolute Gasteiger partial charge is 0.232 e. The third-order valence-corrected chi connectivity index (χ3v) is 4.25. The van der Waals surface area contributed by atoms with Gasteiger partial charge in [0, 0.05) is 21.7 Å². The molecule has 0 aliphatic heterocycles. The molecule has 0 heterocycles. The summed E-state index contributed by atoms with van der Waals surface area (Å²) in [7, 11) is -3.60. The molecule has 117 valence electrons. The Balaban J connectivity index is 0.00000400. The number of nitrogens with one attached hydrogen (secondary N) is 1.